The van der Waals surface area contributed by atoms with E-state index in [4.69, 9.17) is 14.9 Å². The van der Waals surface area contributed by atoms with Crippen molar-refractivity contribution in [3.8, 4) is 11.5 Å². The fourth-order valence-electron chi connectivity index (χ4n) is 4.54. The molecule has 0 amide bonds. The zero-order chi connectivity index (χ0) is 28.8. The van der Waals surface area contributed by atoms with Crippen LogP contribution in [0.25, 0.3) is 0 Å². The lowest BCUT2D eigenvalue weighted by Gasteiger charge is -2.28. The van der Waals surface area contributed by atoms with Crippen LogP contribution < -0.4 is 4.74 Å². The van der Waals surface area contributed by atoms with E-state index in [1.54, 1.807) is 49.9 Å². The van der Waals surface area contributed by atoms with Crippen molar-refractivity contribution >= 4 is 17.6 Å². The largest absolute Gasteiger partial charge is 0.507 e. The molecule has 0 atom stereocenters. The van der Waals surface area contributed by atoms with E-state index in [-0.39, 0.29) is 34.7 Å². The number of nitrogens with one attached hydrogen (secondary N) is 1. The molecule has 0 saturated carbocycles. The number of carbonyl (C=O) groups is 2. The first-order chi connectivity index (χ1) is 17.3. The molecule has 1 aliphatic rings. The molecule has 0 aromatic heterocycles. The van der Waals surface area contributed by atoms with Gasteiger partial charge in [0.25, 0.3) is 0 Å². The van der Waals surface area contributed by atoms with Crippen molar-refractivity contribution in [3.05, 3.63) is 57.6 Å². The molecule has 0 bridgehead atoms. The van der Waals surface area contributed by atoms with Gasteiger partial charge in [0.05, 0.1) is 13.2 Å². The highest BCUT2D eigenvalue weighted by Crippen LogP contribution is 2.40. The molecule has 206 valence electrons. The maximum Gasteiger partial charge on any atom is 0.342 e. The van der Waals surface area contributed by atoms with Crippen molar-refractivity contribution < 1.29 is 24.2 Å². The van der Waals surface area contributed by atoms with E-state index in [1.165, 1.54) is 0 Å². The van der Waals surface area contributed by atoms with E-state index in [1.807, 2.05) is 48.5 Å². The first-order valence-corrected chi connectivity index (χ1v) is 13.1. The summed E-state index contributed by atoms with van der Waals surface area (Å²) in [4.78, 5) is 28.1. The van der Waals surface area contributed by atoms with Crippen molar-refractivity contribution in [2.75, 3.05) is 13.2 Å². The number of Topliss-reactive ketones (excluding diaryl/α,β-unsaturated/α-hetero) is 1. The molecular formula is C31H42N2O5. The number of nitrogens with zero attached hydrogens (tertiary/aromatic N) is 1. The van der Waals surface area contributed by atoms with E-state index in [9.17, 15) is 14.7 Å². The Balaban J connectivity index is 1.95. The number of ketones is 1. The van der Waals surface area contributed by atoms with Gasteiger partial charge in [0.1, 0.15) is 28.5 Å². The summed E-state index contributed by atoms with van der Waals surface area (Å²) in [6.07, 6.45) is 0. The number of phenolic OH excluding ortho intramolecular Hbond substituents is 1. The number of hydrogen-bond acceptors (Lipinski definition) is 6. The normalized spacial score (nSPS) is 13.9. The number of hydrogen-bond donors (Lipinski definition) is 2. The van der Waals surface area contributed by atoms with Crippen LogP contribution in [0.1, 0.15) is 112 Å². The standard InChI is InChI=1S/C31H42N2O5/c1-11-37-25-15-20-19(12-21(25)28(36)38-31(8,9)10)16-33(27(20)32)17-24(34)18-13-22(29(2,3)4)26(35)23(14-18)30(5,6)7/h12-15,32,35H,11,16-17H2,1-10H3. The summed E-state index contributed by atoms with van der Waals surface area (Å²) < 4.78 is 11.3. The lowest BCUT2D eigenvalue weighted by molar-refractivity contribution is 0.00656. The summed E-state index contributed by atoms with van der Waals surface area (Å²) in [6, 6.07) is 6.95. The third kappa shape index (κ3) is 6.20. The Morgan fingerprint density at radius 2 is 1.50 bits per heavy atom. The van der Waals surface area contributed by atoms with Crippen molar-refractivity contribution in [1.82, 2.24) is 4.90 Å². The fourth-order valence-corrected chi connectivity index (χ4v) is 4.54. The molecule has 0 fully saturated rings. The van der Waals surface area contributed by atoms with Crippen molar-refractivity contribution in [2.45, 2.75) is 92.2 Å². The number of esters is 1. The molecule has 7 nitrogen and oxygen atoms in total. The average molecular weight is 523 g/mol. The van der Waals surface area contributed by atoms with Crippen molar-refractivity contribution in [2.24, 2.45) is 0 Å². The zero-order valence-electron chi connectivity index (χ0n) is 24.5. The molecule has 1 aliphatic heterocycles. The van der Waals surface area contributed by atoms with Crippen LogP contribution in [0, 0.1) is 5.41 Å². The number of phenols is 1. The molecule has 0 radical (unpaired) electrons. The van der Waals surface area contributed by atoms with Crippen molar-refractivity contribution in [1.29, 1.82) is 5.41 Å². The van der Waals surface area contributed by atoms with Crippen LogP contribution >= 0.6 is 0 Å². The molecule has 0 saturated heterocycles. The predicted octanol–water partition coefficient (Wildman–Crippen LogP) is 6.37. The first kappa shape index (κ1) is 29.2. The second kappa shape index (κ2) is 10.1. The van der Waals surface area contributed by atoms with Gasteiger partial charge in [-0.2, -0.15) is 0 Å². The molecule has 2 aromatic carbocycles. The number of benzene rings is 2. The van der Waals surface area contributed by atoms with Crippen LogP contribution in [0.3, 0.4) is 0 Å². The minimum Gasteiger partial charge on any atom is -0.507 e. The molecular weight excluding hydrogens is 480 g/mol. The second-order valence-electron chi connectivity index (χ2n) is 13.0. The Kier molecular flexibility index (Phi) is 7.75. The summed E-state index contributed by atoms with van der Waals surface area (Å²) in [6.45, 7) is 20.0. The lowest BCUT2D eigenvalue weighted by atomic mass is 9.78. The quantitative estimate of drug-likeness (QED) is 0.338. The Bertz CT molecular complexity index is 1240. The minimum atomic E-state index is -0.660. The van der Waals surface area contributed by atoms with Gasteiger partial charge in [-0.1, -0.05) is 41.5 Å². The predicted molar refractivity (Wildman–Crippen MR) is 150 cm³/mol. The third-order valence-electron chi connectivity index (χ3n) is 6.44. The molecule has 1 heterocycles. The molecule has 7 heteroatoms. The number of aromatic hydroxyl groups is 1. The summed E-state index contributed by atoms with van der Waals surface area (Å²) in [7, 11) is 0. The van der Waals surface area contributed by atoms with Crippen LogP contribution in [0.2, 0.25) is 0 Å². The second-order valence-corrected chi connectivity index (χ2v) is 13.0. The number of rotatable bonds is 6. The van der Waals surface area contributed by atoms with Crippen LogP contribution in [0.15, 0.2) is 24.3 Å². The Morgan fingerprint density at radius 1 is 0.947 bits per heavy atom. The summed E-state index contributed by atoms with van der Waals surface area (Å²) >= 11 is 0. The maximum absolute atomic E-state index is 13.5. The van der Waals surface area contributed by atoms with Crippen LogP contribution in [0.5, 0.6) is 11.5 Å². The van der Waals surface area contributed by atoms with E-state index < -0.39 is 11.6 Å². The smallest absolute Gasteiger partial charge is 0.342 e. The molecule has 2 aromatic rings. The Labute approximate surface area is 226 Å². The molecule has 0 aliphatic carbocycles. The number of ether oxygens (including phenoxy) is 2. The first-order valence-electron chi connectivity index (χ1n) is 13.1. The van der Waals surface area contributed by atoms with Crippen LogP contribution in [-0.4, -0.2) is 46.3 Å². The molecule has 0 spiro atoms. The van der Waals surface area contributed by atoms with Gasteiger partial charge < -0.3 is 19.5 Å². The van der Waals surface area contributed by atoms with E-state index in [2.05, 4.69) is 0 Å². The van der Waals surface area contributed by atoms with Gasteiger partial charge in [-0.3, -0.25) is 10.2 Å². The minimum absolute atomic E-state index is 0.00278. The highest BCUT2D eigenvalue weighted by atomic mass is 16.6. The fraction of sp³-hybridized carbons (Fsp3) is 0.516. The van der Waals surface area contributed by atoms with Crippen LogP contribution in [-0.2, 0) is 22.1 Å². The number of amidine groups is 1. The lowest BCUT2D eigenvalue weighted by Crippen LogP contribution is -2.30. The average Bonchev–Trinajstić information content (AvgIpc) is 3.05. The molecule has 38 heavy (non-hydrogen) atoms. The van der Waals surface area contributed by atoms with Crippen molar-refractivity contribution in [3.63, 3.8) is 0 Å². The van der Waals surface area contributed by atoms with Gasteiger partial charge >= 0.3 is 5.97 Å². The van der Waals surface area contributed by atoms with Gasteiger partial charge in [0.15, 0.2) is 5.78 Å². The number of fused-ring (bicyclic) bond motifs is 1. The Morgan fingerprint density at radius 3 is 1.97 bits per heavy atom. The van der Waals surface area contributed by atoms with Gasteiger partial charge in [0, 0.05) is 28.8 Å². The third-order valence-corrected chi connectivity index (χ3v) is 6.44. The van der Waals surface area contributed by atoms with Gasteiger partial charge in [-0.15, -0.1) is 0 Å². The summed E-state index contributed by atoms with van der Waals surface area (Å²) in [5, 5.41) is 19.8. The Hall–Kier alpha value is -3.35. The summed E-state index contributed by atoms with van der Waals surface area (Å²) in [5.74, 6) is 0.160. The van der Waals surface area contributed by atoms with E-state index in [0.717, 1.165) is 16.7 Å². The maximum atomic E-state index is 13.5. The van der Waals surface area contributed by atoms with Crippen LogP contribution in [0.4, 0.5) is 0 Å². The van der Waals surface area contributed by atoms with Gasteiger partial charge in [0.2, 0.25) is 0 Å². The van der Waals surface area contributed by atoms with Gasteiger partial charge in [-0.25, -0.2) is 4.79 Å². The highest BCUT2D eigenvalue weighted by molar-refractivity contribution is 6.06. The van der Waals surface area contributed by atoms with E-state index >= 15 is 0 Å². The molecule has 3 rings (SSSR count). The SMILES string of the molecule is CCOc1cc2c(cc1C(=O)OC(C)(C)C)CN(CC(=O)c1cc(C(C)(C)C)c(O)c(C(C)(C)C)c1)C2=N. The van der Waals surface area contributed by atoms with E-state index in [0.29, 0.717) is 35.6 Å². The van der Waals surface area contributed by atoms with Gasteiger partial charge in [-0.05, 0) is 68.4 Å². The number of carbonyl (C=O) groups excluding carboxylic acids is 2. The monoisotopic (exact) mass is 522 g/mol. The molecule has 2 N–H and O–H groups in total. The highest BCUT2D eigenvalue weighted by Gasteiger charge is 2.32. The summed E-state index contributed by atoms with van der Waals surface area (Å²) in [5.41, 5.74) is 2.28. The molecule has 0 unspecified atom stereocenters. The topological polar surface area (TPSA) is 99.9 Å². The zero-order valence-corrected chi connectivity index (χ0v) is 24.5.